The van der Waals surface area contributed by atoms with E-state index in [1.54, 1.807) is 19.1 Å². The number of aryl methyl sites for hydroxylation is 1. The second-order valence-electron chi connectivity index (χ2n) is 7.38. The van der Waals surface area contributed by atoms with Crippen molar-refractivity contribution in [2.24, 2.45) is 11.8 Å². The van der Waals surface area contributed by atoms with Crippen LogP contribution in [0.1, 0.15) is 41.8 Å². The van der Waals surface area contributed by atoms with Crippen molar-refractivity contribution in [2.45, 2.75) is 37.8 Å². The molecule has 8 nitrogen and oxygen atoms in total. The first-order valence-corrected chi connectivity index (χ1v) is 9.50. The summed E-state index contributed by atoms with van der Waals surface area (Å²) in [5, 5.41) is 19.5. The van der Waals surface area contributed by atoms with Crippen molar-refractivity contribution < 1.29 is 19.0 Å². The van der Waals surface area contributed by atoms with Gasteiger partial charge in [0.15, 0.2) is 5.69 Å². The van der Waals surface area contributed by atoms with Crippen molar-refractivity contribution in [3.63, 3.8) is 0 Å². The van der Waals surface area contributed by atoms with Crippen LogP contribution in [0.2, 0.25) is 5.02 Å². The third-order valence-corrected chi connectivity index (χ3v) is 5.96. The maximum absolute atomic E-state index is 12.5. The highest BCUT2D eigenvalue weighted by atomic mass is 35.5. The Morgan fingerprint density at radius 3 is 2.61 bits per heavy atom. The fourth-order valence-corrected chi connectivity index (χ4v) is 4.49. The minimum atomic E-state index is -0.576. The maximum atomic E-state index is 12.5. The molecule has 0 radical (unpaired) electrons. The molecule has 4 atom stereocenters. The van der Waals surface area contributed by atoms with Crippen LogP contribution < -0.4 is 5.32 Å². The minimum Gasteiger partial charge on any atom is -0.468 e. The van der Waals surface area contributed by atoms with Crippen LogP contribution in [0.3, 0.4) is 0 Å². The van der Waals surface area contributed by atoms with Crippen molar-refractivity contribution in [2.75, 3.05) is 7.11 Å². The number of benzene rings is 1. The topological polar surface area (TPSA) is 108 Å². The lowest BCUT2D eigenvalue weighted by molar-refractivity contribution is -0.386. The van der Waals surface area contributed by atoms with Crippen LogP contribution in [0, 0.1) is 28.9 Å². The van der Waals surface area contributed by atoms with Gasteiger partial charge in [0, 0.05) is 11.1 Å². The molecular weight excluding hydrogens is 386 g/mol. The molecule has 28 heavy (non-hydrogen) atoms. The first-order chi connectivity index (χ1) is 13.4. The van der Waals surface area contributed by atoms with E-state index in [-0.39, 0.29) is 41.0 Å². The first-order valence-electron chi connectivity index (χ1n) is 9.12. The Labute approximate surface area is 166 Å². The first kappa shape index (κ1) is 18.9. The Kier molecular flexibility index (Phi) is 4.84. The number of aromatic nitrogens is 1. The molecule has 1 saturated carbocycles. The van der Waals surface area contributed by atoms with Gasteiger partial charge in [-0.25, -0.2) is 0 Å². The zero-order valence-corrected chi connectivity index (χ0v) is 16.2. The zero-order valence-electron chi connectivity index (χ0n) is 15.4. The van der Waals surface area contributed by atoms with Crippen LogP contribution in [0.4, 0.5) is 5.69 Å². The van der Waals surface area contributed by atoms with Crippen LogP contribution in [0.5, 0.6) is 0 Å². The highest BCUT2D eigenvalue weighted by molar-refractivity contribution is 6.30. The third-order valence-electron chi connectivity index (χ3n) is 5.71. The number of rotatable bonds is 5. The van der Waals surface area contributed by atoms with E-state index in [9.17, 15) is 14.9 Å². The summed E-state index contributed by atoms with van der Waals surface area (Å²) in [4.78, 5) is 23.7. The van der Waals surface area contributed by atoms with E-state index in [1.165, 1.54) is 7.11 Å². The van der Waals surface area contributed by atoms with Gasteiger partial charge >= 0.3 is 11.7 Å². The van der Waals surface area contributed by atoms with E-state index in [0.717, 1.165) is 18.4 Å². The predicted molar refractivity (Wildman–Crippen MR) is 100.0 cm³/mol. The number of nitro groups is 1. The predicted octanol–water partition coefficient (Wildman–Crippen LogP) is 3.54. The van der Waals surface area contributed by atoms with Crippen LogP contribution in [0.15, 0.2) is 28.8 Å². The smallest absolute Gasteiger partial charge is 0.334 e. The molecule has 2 aromatic rings. The zero-order chi connectivity index (χ0) is 20.0. The normalized spacial score (nSPS) is 27.0. The van der Waals surface area contributed by atoms with Gasteiger partial charge < -0.3 is 9.26 Å². The van der Waals surface area contributed by atoms with E-state index < -0.39 is 16.9 Å². The third kappa shape index (κ3) is 3.16. The fraction of sp³-hybridized carbons (Fsp3) is 0.474. The Morgan fingerprint density at radius 2 is 2.04 bits per heavy atom. The highest BCUT2D eigenvalue weighted by Gasteiger charge is 2.56. The average Bonchev–Trinajstić information content (AvgIpc) is 3.33. The van der Waals surface area contributed by atoms with Crippen LogP contribution >= 0.6 is 11.6 Å². The molecule has 1 aliphatic heterocycles. The van der Waals surface area contributed by atoms with Crippen LogP contribution in [0.25, 0.3) is 0 Å². The molecule has 0 amide bonds. The fourth-order valence-electron chi connectivity index (χ4n) is 4.36. The van der Waals surface area contributed by atoms with Gasteiger partial charge in [-0.05, 0) is 49.3 Å². The Balaban J connectivity index is 1.85. The number of methoxy groups -OCH3 is 1. The number of hydrogen-bond acceptors (Lipinski definition) is 7. The standard InChI is InChI=1S/C19H20ClN3O5/c1-9-17(23(25)26)18(28-22-9)14-13(10-3-4-10)16(19(24)27-2)21-15(14)11-5-7-12(20)8-6-11/h5-8,10,13-16,21H,3-4H2,1-2H3/t13-,14-,15-,16-/m0/s1. The van der Waals surface area contributed by atoms with E-state index in [4.69, 9.17) is 20.9 Å². The van der Waals surface area contributed by atoms with Gasteiger partial charge in [-0.3, -0.25) is 20.2 Å². The molecule has 1 aliphatic carbocycles. The molecule has 1 N–H and O–H groups in total. The Hall–Kier alpha value is -2.45. The van der Waals surface area contributed by atoms with E-state index >= 15 is 0 Å². The number of carbonyl (C=O) groups is 1. The summed E-state index contributed by atoms with van der Waals surface area (Å²) in [5.74, 6) is -0.502. The molecule has 2 fully saturated rings. The monoisotopic (exact) mass is 405 g/mol. The van der Waals surface area contributed by atoms with Crippen LogP contribution in [-0.4, -0.2) is 29.2 Å². The summed E-state index contributed by atoms with van der Waals surface area (Å²) in [6.07, 6.45) is 1.93. The molecule has 0 unspecified atom stereocenters. The second kappa shape index (κ2) is 7.18. The summed E-state index contributed by atoms with van der Waals surface area (Å²) in [6.45, 7) is 1.55. The van der Waals surface area contributed by atoms with Crippen molar-refractivity contribution in [3.05, 3.63) is 56.4 Å². The Bertz CT molecular complexity index is 909. The summed E-state index contributed by atoms with van der Waals surface area (Å²) >= 11 is 6.02. The molecule has 2 heterocycles. The molecule has 2 aliphatic rings. The lowest BCUT2D eigenvalue weighted by Crippen LogP contribution is -2.38. The lowest BCUT2D eigenvalue weighted by Gasteiger charge is -2.22. The van der Waals surface area contributed by atoms with Gasteiger partial charge in [-0.2, -0.15) is 0 Å². The van der Waals surface area contributed by atoms with Crippen LogP contribution in [-0.2, 0) is 9.53 Å². The summed E-state index contributed by atoms with van der Waals surface area (Å²) in [5.41, 5.74) is 0.975. The summed E-state index contributed by atoms with van der Waals surface area (Å²) < 4.78 is 10.5. The number of nitrogens with one attached hydrogen (secondary N) is 1. The molecule has 0 bridgehead atoms. The van der Waals surface area contributed by atoms with Gasteiger partial charge in [0.25, 0.3) is 0 Å². The molecule has 9 heteroatoms. The number of esters is 1. The average molecular weight is 406 g/mol. The Morgan fingerprint density at radius 1 is 1.36 bits per heavy atom. The number of ether oxygens (including phenoxy) is 1. The van der Waals surface area contributed by atoms with Crippen molar-refractivity contribution in [1.82, 2.24) is 10.5 Å². The SMILES string of the molecule is COC(=O)[C@H]1N[C@@H](c2ccc(Cl)cc2)[C@@H](c2onc(C)c2[N+](=O)[O-])[C@@H]1C1CC1. The van der Waals surface area contributed by atoms with E-state index in [2.05, 4.69) is 10.5 Å². The van der Waals surface area contributed by atoms with Gasteiger partial charge in [-0.1, -0.05) is 28.9 Å². The lowest BCUT2D eigenvalue weighted by atomic mass is 9.79. The molecule has 4 rings (SSSR count). The van der Waals surface area contributed by atoms with Crippen molar-refractivity contribution in [1.29, 1.82) is 0 Å². The largest absolute Gasteiger partial charge is 0.468 e. The number of halogens is 1. The summed E-state index contributed by atoms with van der Waals surface area (Å²) in [7, 11) is 1.35. The second-order valence-corrected chi connectivity index (χ2v) is 7.81. The quantitative estimate of drug-likeness (QED) is 0.460. The number of carbonyl (C=O) groups excluding carboxylic acids is 1. The van der Waals surface area contributed by atoms with E-state index in [1.807, 2.05) is 12.1 Å². The number of hydrogen-bond donors (Lipinski definition) is 1. The summed E-state index contributed by atoms with van der Waals surface area (Å²) in [6, 6.07) is 6.28. The van der Waals surface area contributed by atoms with E-state index in [0.29, 0.717) is 5.02 Å². The van der Waals surface area contributed by atoms with Gasteiger partial charge in [0.2, 0.25) is 5.76 Å². The minimum absolute atomic E-state index is 0.123. The molecule has 0 spiro atoms. The van der Waals surface area contributed by atoms with Crippen molar-refractivity contribution in [3.8, 4) is 0 Å². The molecule has 1 aromatic heterocycles. The van der Waals surface area contributed by atoms with Gasteiger partial charge in [0.1, 0.15) is 6.04 Å². The molecular formula is C19H20ClN3O5. The highest BCUT2D eigenvalue weighted by Crippen LogP contribution is 2.55. The molecule has 148 valence electrons. The maximum Gasteiger partial charge on any atom is 0.334 e. The van der Waals surface area contributed by atoms with Gasteiger partial charge in [-0.15, -0.1) is 0 Å². The molecule has 1 aromatic carbocycles. The number of nitrogens with zero attached hydrogens (tertiary/aromatic N) is 2. The molecule has 1 saturated heterocycles. The van der Waals surface area contributed by atoms with Crippen molar-refractivity contribution >= 4 is 23.3 Å². The van der Waals surface area contributed by atoms with Gasteiger partial charge in [0.05, 0.1) is 18.0 Å².